The molecule has 0 aliphatic heterocycles. The van der Waals surface area contributed by atoms with Crippen molar-refractivity contribution in [1.29, 1.82) is 0 Å². The van der Waals surface area contributed by atoms with Gasteiger partial charge in [0.1, 0.15) is 5.90 Å². The molecule has 3 N–H and O–H groups in total. The van der Waals surface area contributed by atoms with Gasteiger partial charge in [-0.2, -0.15) is 13.2 Å². The van der Waals surface area contributed by atoms with E-state index in [-0.39, 0.29) is 0 Å². The van der Waals surface area contributed by atoms with Gasteiger partial charge in [0.25, 0.3) is 0 Å². The zero-order chi connectivity index (χ0) is 14.2. The van der Waals surface area contributed by atoms with Crippen LogP contribution in [0.15, 0.2) is 24.3 Å². The Morgan fingerprint density at radius 3 is 1.78 bits per heavy atom. The molecule has 0 heterocycles. The van der Waals surface area contributed by atoms with Crippen molar-refractivity contribution >= 4 is 20.3 Å². The Bertz CT molecular complexity index is 519. The lowest BCUT2D eigenvalue weighted by molar-refractivity contribution is -0.137. The Morgan fingerprint density at radius 2 is 1.44 bits per heavy atom. The first-order chi connectivity index (χ1) is 7.92. The summed E-state index contributed by atoms with van der Waals surface area (Å²) < 4.78 is 58.9. The highest BCUT2D eigenvalue weighted by molar-refractivity contribution is 7.77. The topological polar surface area (TPSA) is 94.8 Å². The Labute approximate surface area is 99.9 Å². The van der Waals surface area contributed by atoms with Crippen LogP contribution < -0.4 is 5.30 Å². The minimum Gasteiger partial charge on any atom is -0.341 e. The van der Waals surface area contributed by atoms with Crippen LogP contribution in [-0.4, -0.2) is 20.6 Å². The third-order valence-electron chi connectivity index (χ3n) is 1.97. The van der Waals surface area contributed by atoms with Gasteiger partial charge in [-0.05, 0) is 24.3 Å². The van der Waals surface area contributed by atoms with Crippen molar-refractivity contribution in [3.63, 3.8) is 0 Å². The molecule has 1 unspecified atom stereocenters. The monoisotopic (exact) mass is 304 g/mol. The second-order valence-electron chi connectivity index (χ2n) is 3.55. The van der Waals surface area contributed by atoms with Crippen molar-refractivity contribution in [2.24, 2.45) is 0 Å². The molecule has 0 aliphatic carbocycles. The van der Waals surface area contributed by atoms with Crippen LogP contribution in [-0.2, 0) is 15.3 Å². The van der Waals surface area contributed by atoms with Gasteiger partial charge < -0.3 is 14.7 Å². The van der Waals surface area contributed by atoms with Crippen LogP contribution in [0.4, 0.5) is 13.2 Å². The summed E-state index contributed by atoms with van der Waals surface area (Å²) in [6, 6.07) is 2.63. The molecule has 102 valence electrons. The predicted molar refractivity (Wildman–Crippen MR) is 57.8 cm³/mol. The van der Waals surface area contributed by atoms with Crippen molar-refractivity contribution in [3.8, 4) is 0 Å². The molecular weight excluding hydrogens is 295 g/mol. The van der Waals surface area contributed by atoms with E-state index in [1.165, 1.54) is 0 Å². The number of halogens is 3. The van der Waals surface area contributed by atoms with Crippen LogP contribution in [0.5, 0.6) is 0 Å². The highest BCUT2D eigenvalue weighted by Gasteiger charge is 2.34. The molecule has 18 heavy (non-hydrogen) atoms. The molecule has 0 aliphatic rings. The van der Waals surface area contributed by atoms with E-state index in [1.807, 2.05) is 0 Å². The van der Waals surface area contributed by atoms with E-state index in [0.29, 0.717) is 12.1 Å². The molecule has 0 saturated heterocycles. The van der Waals surface area contributed by atoms with Gasteiger partial charge in [0.2, 0.25) is 7.37 Å². The van der Waals surface area contributed by atoms with E-state index < -0.39 is 37.9 Å². The van der Waals surface area contributed by atoms with Crippen LogP contribution >= 0.6 is 15.0 Å². The molecule has 0 spiro atoms. The van der Waals surface area contributed by atoms with Crippen molar-refractivity contribution in [2.45, 2.75) is 6.18 Å². The number of alkyl halides is 3. The number of hydrogen-bond acceptors (Lipinski definition) is 2. The fourth-order valence-electron chi connectivity index (χ4n) is 1.21. The standard InChI is InChI=1S/C8H9F3O5P2/c9-8(10,11)6-1-3-7(4-2-6)17(12,13)5-18(14,15)16/h1-4H,5H2,(H,12,13)(H2,14,15,16). The fourth-order valence-corrected chi connectivity index (χ4v) is 4.48. The molecule has 0 radical (unpaired) electrons. The van der Waals surface area contributed by atoms with Crippen LogP contribution in [0.2, 0.25) is 0 Å². The summed E-state index contributed by atoms with van der Waals surface area (Å²) in [6.07, 6.45) is -4.58. The first kappa shape index (κ1) is 15.4. The van der Waals surface area contributed by atoms with Crippen molar-refractivity contribution in [3.05, 3.63) is 29.8 Å². The van der Waals surface area contributed by atoms with Crippen molar-refractivity contribution < 1.29 is 37.0 Å². The lowest BCUT2D eigenvalue weighted by Crippen LogP contribution is -2.11. The fraction of sp³-hybridized carbons (Fsp3) is 0.250. The minimum atomic E-state index is -4.73. The molecule has 1 aromatic rings. The molecule has 0 aromatic heterocycles. The van der Waals surface area contributed by atoms with Crippen LogP contribution in [0, 0.1) is 0 Å². The lowest BCUT2D eigenvalue weighted by atomic mass is 10.2. The van der Waals surface area contributed by atoms with Crippen LogP contribution in [0.3, 0.4) is 0 Å². The molecule has 1 aromatic carbocycles. The van der Waals surface area contributed by atoms with E-state index in [0.717, 1.165) is 12.1 Å². The molecule has 0 saturated carbocycles. The Morgan fingerprint density at radius 1 is 1.00 bits per heavy atom. The van der Waals surface area contributed by atoms with Crippen LogP contribution in [0.25, 0.3) is 0 Å². The summed E-state index contributed by atoms with van der Waals surface area (Å²) in [5, 5.41) is -0.432. The lowest BCUT2D eigenvalue weighted by Gasteiger charge is -2.13. The molecule has 0 fully saturated rings. The number of rotatable bonds is 3. The van der Waals surface area contributed by atoms with Crippen molar-refractivity contribution in [2.75, 3.05) is 5.90 Å². The van der Waals surface area contributed by atoms with E-state index in [4.69, 9.17) is 9.79 Å². The smallest absolute Gasteiger partial charge is 0.341 e. The third-order valence-corrected chi connectivity index (χ3v) is 6.09. The second kappa shape index (κ2) is 4.79. The van der Waals surface area contributed by atoms with Gasteiger partial charge in [-0.3, -0.25) is 9.13 Å². The van der Waals surface area contributed by atoms with E-state index in [2.05, 4.69) is 0 Å². The van der Waals surface area contributed by atoms with Gasteiger partial charge in [0, 0.05) is 5.30 Å². The van der Waals surface area contributed by atoms with E-state index in [9.17, 15) is 27.2 Å². The van der Waals surface area contributed by atoms with Crippen molar-refractivity contribution in [1.82, 2.24) is 0 Å². The van der Waals surface area contributed by atoms with Gasteiger partial charge in [-0.1, -0.05) is 0 Å². The zero-order valence-corrected chi connectivity index (χ0v) is 10.5. The molecule has 10 heteroatoms. The van der Waals surface area contributed by atoms with Crippen LogP contribution in [0.1, 0.15) is 5.56 Å². The normalized spacial score (nSPS) is 16.3. The van der Waals surface area contributed by atoms with Gasteiger partial charge in [-0.15, -0.1) is 0 Å². The average molecular weight is 304 g/mol. The first-order valence-corrected chi connectivity index (χ1v) is 8.10. The highest BCUT2D eigenvalue weighted by atomic mass is 31.2. The summed E-state index contributed by atoms with van der Waals surface area (Å²) >= 11 is 0. The SMILES string of the molecule is O=P(O)(O)CP(=O)(O)c1ccc(C(F)(F)F)cc1. The summed E-state index contributed by atoms with van der Waals surface area (Å²) in [5.74, 6) is -1.30. The second-order valence-corrected chi connectivity index (χ2v) is 7.93. The number of benzene rings is 1. The Kier molecular flexibility index (Phi) is 4.10. The molecule has 1 rings (SSSR count). The average Bonchev–Trinajstić information content (AvgIpc) is 2.13. The first-order valence-electron chi connectivity index (χ1n) is 4.46. The zero-order valence-electron chi connectivity index (χ0n) is 8.70. The maximum atomic E-state index is 12.2. The predicted octanol–water partition coefficient (Wildman–Crippen LogP) is 1.74. The van der Waals surface area contributed by atoms with E-state index in [1.54, 1.807) is 0 Å². The molecular formula is C8H9F3O5P2. The maximum Gasteiger partial charge on any atom is 0.416 e. The quantitative estimate of drug-likeness (QED) is 0.739. The minimum absolute atomic E-state index is 0.432. The Hall–Kier alpha value is -0.650. The molecule has 5 nitrogen and oxygen atoms in total. The summed E-state index contributed by atoms with van der Waals surface area (Å²) in [5.41, 5.74) is -1.01. The molecule has 1 atom stereocenters. The molecule has 0 amide bonds. The number of hydrogen-bond donors (Lipinski definition) is 3. The summed E-state index contributed by atoms with van der Waals surface area (Å²) in [4.78, 5) is 26.6. The molecule has 0 bridgehead atoms. The summed E-state index contributed by atoms with van der Waals surface area (Å²) in [7, 11) is -9.10. The summed E-state index contributed by atoms with van der Waals surface area (Å²) in [6.45, 7) is 0. The Balaban J connectivity index is 3.06. The van der Waals surface area contributed by atoms with E-state index >= 15 is 0 Å². The maximum absolute atomic E-state index is 12.2. The third kappa shape index (κ3) is 4.23. The van der Waals surface area contributed by atoms with Gasteiger partial charge in [-0.25, -0.2) is 0 Å². The highest BCUT2D eigenvalue weighted by Crippen LogP contribution is 2.53. The largest absolute Gasteiger partial charge is 0.416 e. The van der Waals surface area contributed by atoms with Gasteiger partial charge in [0.15, 0.2) is 0 Å². The van der Waals surface area contributed by atoms with Gasteiger partial charge >= 0.3 is 13.8 Å². The van der Waals surface area contributed by atoms with Gasteiger partial charge in [0.05, 0.1) is 5.56 Å².